The van der Waals surface area contributed by atoms with Gasteiger partial charge in [-0.2, -0.15) is 0 Å². The highest BCUT2D eigenvalue weighted by molar-refractivity contribution is 5.33. The van der Waals surface area contributed by atoms with Crippen LogP contribution in [-0.2, 0) is 13.0 Å². The SMILES string of the molecule is CCc1nc(C)ccc1Oc1cc(CNC(C)C)ccn1. The van der Waals surface area contributed by atoms with E-state index in [1.54, 1.807) is 6.20 Å². The summed E-state index contributed by atoms with van der Waals surface area (Å²) >= 11 is 0. The van der Waals surface area contributed by atoms with Crippen molar-refractivity contribution in [1.82, 2.24) is 15.3 Å². The van der Waals surface area contributed by atoms with Gasteiger partial charge in [0.05, 0.1) is 5.69 Å². The lowest BCUT2D eigenvalue weighted by atomic mass is 10.2. The molecule has 4 nitrogen and oxygen atoms in total. The van der Waals surface area contributed by atoms with Crippen molar-refractivity contribution in [3.05, 3.63) is 47.4 Å². The summed E-state index contributed by atoms with van der Waals surface area (Å²) in [6, 6.07) is 8.33. The van der Waals surface area contributed by atoms with E-state index in [4.69, 9.17) is 4.74 Å². The van der Waals surface area contributed by atoms with E-state index in [1.807, 2.05) is 31.2 Å². The van der Waals surface area contributed by atoms with Crippen LogP contribution >= 0.6 is 0 Å². The Morgan fingerprint density at radius 2 is 2.05 bits per heavy atom. The van der Waals surface area contributed by atoms with Crippen LogP contribution in [0, 0.1) is 6.92 Å². The lowest BCUT2D eigenvalue weighted by molar-refractivity contribution is 0.452. The van der Waals surface area contributed by atoms with Crippen molar-refractivity contribution in [3.8, 4) is 11.6 Å². The highest BCUT2D eigenvalue weighted by atomic mass is 16.5. The minimum atomic E-state index is 0.454. The fourth-order valence-corrected chi connectivity index (χ4v) is 1.99. The molecule has 0 atom stereocenters. The maximum atomic E-state index is 5.90. The van der Waals surface area contributed by atoms with Crippen LogP contribution in [0.3, 0.4) is 0 Å². The molecule has 2 aromatic rings. The van der Waals surface area contributed by atoms with Gasteiger partial charge in [-0.3, -0.25) is 4.98 Å². The zero-order valence-electron chi connectivity index (χ0n) is 13.2. The molecule has 0 unspecified atom stereocenters. The van der Waals surface area contributed by atoms with Gasteiger partial charge in [-0.15, -0.1) is 0 Å². The topological polar surface area (TPSA) is 47.0 Å². The van der Waals surface area contributed by atoms with Gasteiger partial charge < -0.3 is 10.1 Å². The summed E-state index contributed by atoms with van der Waals surface area (Å²) in [5.74, 6) is 1.39. The fourth-order valence-electron chi connectivity index (χ4n) is 1.99. The lowest BCUT2D eigenvalue weighted by Gasteiger charge is -2.11. The van der Waals surface area contributed by atoms with Crippen LogP contribution < -0.4 is 10.1 Å². The number of aromatic nitrogens is 2. The van der Waals surface area contributed by atoms with Crippen LogP contribution in [0.4, 0.5) is 0 Å². The first-order valence-corrected chi connectivity index (χ1v) is 7.41. The zero-order valence-corrected chi connectivity index (χ0v) is 13.2. The molecule has 112 valence electrons. The summed E-state index contributed by atoms with van der Waals surface area (Å²) in [7, 11) is 0. The average molecular weight is 285 g/mol. The van der Waals surface area contributed by atoms with Gasteiger partial charge in [-0.05, 0) is 37.1 Å². The highest BCUT2D eigenvalue weighted by Gasteiger charge is 2.07. The molecule has 4 heteroatoms. The molecular weight excluding hydrogens is 262 g/mol. The molecule has 0 spiro atoms. The third-order valence-corrected chi connectivity index (χ3v) is 3.13. The normalized spacial score (nSPS) is 10.9. The first kappa shape index (κ1) is 15.4. The zero-order chi connectivity index (χ0) is 15.2. The van der Waals surface area contributed by atoms with Gasteiger partial charge in [0.1, 0.15) is 0 Å². The summed E-state index contributed by atoms with van der Waals surface area (Å²) in [6.07, 6.45) is 2.62. The first-order chi connectivity index (χ1) is 10.1. The predicted octanol–water partition coefficient (Wildman–Crippen LogP) is 3.64. The smallest absolute Gasteiger partial charge is 0.219 e. The molecule has 21 heavy (non-hydrogen) atoms. The third-order valence-electron chi connectivity index (χ3n) is 3.13. The van der Waals surface area contributed by atoms with Crippen molar-refractivity contribution >= 4 is 0 Å². The number of nitrogens with one attached hydrogen (secondary N) is 1. The molecule has 0 fully saturated rings. The van der Waals surface area contributed by atoms with Crippen LogP contribution in [0.25, 0.3) is 0 Å². The Morgan fingerprint density at radius 1 is 1.24 bits per heavy atom. The first-order valence-electron chi connectivity index (χ1n) is 7.41. The molecule has 0 aliphatic rings. The van der Waals surface area contributed by atoms with E-state index in [-0.39, 0.29) is 0 Å². The maximum absolute atomic E-state index is 5.90. The summed E-state index contributed by atoms with van der Waals surface area (Å²) in [4.78, 5) is 8.79. The second kappa shape index (κ2) is 7.18. The van der Waals surface area contributed by atoms with Crippen LogP contribution in [0.2, 0.25) is 0 Å². The number of hydrogen-bond donors (Lipinski definition) is 1. The summed E-state index contributed by atoms with van der Waals surface area (Å²) < 4.78 is 5.90. The Bertz CT molecular complexity index is 596. The van der Waals surface area contributed by atoms with Gasteiger partial charge in [0, 0.05) is 30.5 Å². The van der Waals surface area contributed by atoms with E-state index >= 15 is 0 Å². The number of hydrogen-bond acceptors (Lipinski definition) is 4. The summed E-state index contributed by atoms with van der Waals surface area (Å²) in [5, 5.41) is 3.39. The van der Waals surface area contributed by atoms with Gasteiger partial charge in [0.15, 0.2) is 5.75 Å². The molecule has 0 aliphatic heterocycles. The number of aryl methyl sites for hydroxylation is 2. The lowest BCUT2D eigenvalue weighted by Crippen LogP contribution is -2.21. The van der Waals surface area contributed by atoms with Gasteiger partial charge in [-0.25, -0.2) is 4.98 Å². The monoisotopic (exact) mass is 285 g/mol. The van der Waals surface area contributed by atoms with E-state index in [2.05, 4.69) is 36.1 Å². The van der Waals surface area contributed by atoms with E-state index in [9.17, 15) is 0 Å². The maximum Gasteiger partial charge on any atom is 0.219 e. The van der Waals surface area contributed by atoms with Crippen LogP contribution in [-0.4, -0.2) is 16.0 Å². The summed E-state index contributed by atoms with van der Waals surface area (Å²) in [6.45, 7) is 9.13. The van der Waals surface area contributed by atoms with Crippen molar-refractivity contribution in [3.63, 3.8) is 0 Å². The number of nitrogens with zero attached hydrogens (tertiary/aromatic N) is 2. The second-order valence-corrected chi connectivity index (χ2v) is 5.39. The Labute approximate surface area is 126 Å². The van der Waals surface area contributed by atoms with Gasteiger partial charge in [0.25, 0.3) is 0 Å². The summed E-state index contributed by atoms with van der Waals surface area (Å²) in [5.41, 5.74) is 3.12. The van der Waals surface area contributed by atoms with Crippen molar-refractivity contribution in [2.24, 2.45) is 0 Å². The fraction of sp³-hybridized carbons (Fsp3) is 0.412. The number of ether oxygens (including phenoxy) is 1. The second-order valence-electron chi connectivity index (χ2n) is 5.39. The Morgan fingerprint density at radius 3 is 2.76 bits per heavy atom. The van der Waals surface area contributed by atoms with Gasteiger partial charge in [-0.1, -0.05) is 20.8 Å². The Kier molecular flexibility index (Phi) is 5.28. The molecule has 2 aromatic heterocycles. The quantitative estimate of drug-likeness (QED) is 0.880. The molecule has 1 N–H and O–H groups in total. The Hall–Kier alpha value is -1.94. The molecule has 0 saturated carbocycles. The molecule has 0 saturated heterocycles. The number of rotatable bonds is 6. The average Bonchev–Trinajstić information content (AvgIpc) is 2.47. The molecule has 2 rings (SSSR count). The standard InChI is InChI=1S/C17H23N3O/c1-5-15-16(7-6-13(4)20-15)21-17-10-14(8-9-18-17)11-19-12(2)3/h6-10,12,19H,5,11H2,1-4H3. The van der Waals surface area contributed by atoms with Crippen molar-refractivity contribution in [2.45, 2.75) is 46.7 Å². The molecule has 0 aliphatic carbocycles. The van der Waals surface area contributed by atoms with E-state index in [1.165, 1.54) is 0 Å². The Balaban J connectivity index is 2.14. The van der Waals surface area contributed by atoms with Crippen LogP contribution in [0.15, 0.2) is 30.5 Å². The van der Waals surface area contributed by atoms with Gasteiger partial charge in [0.2, 0.25) is 5.88 Å². The molecular formula is C17H23N3O. The van der Waals surface area contributed by atoms with E-state index < -0.39 is 0 Å². The number of pyridine rings is 2. The molecule has 0 amide bonds. The predicted molar refractivity (Wildman–Crippen MR) is 84.6 cm³/mol. The molecule has 0 radical (unpaired) electrons. The van der Waals surface area contributed by atoms with E-state index in [0.717, 1.165) is 35.7 Å². The largest absolute Gasteiger partial charge is 0.437 e. The van der Waals surface area contributed by atoms with Crippen molar-refractivity contribution in [1.29, 1.82) is 0 Å². The molecule has 0 aromatic carbocycles. The van der Waals surface area contributed by atoms with Crippen LogP contribution in [0.1, 0.15) is 37.7 Å². The highest BCUT2D eigenvalue weighted by Crippen LogP contribution is 2.24. The third kappa shape index (κ3) is 4.53. The van der Waals surface area contributed by atoms with Crippen molar-refractivity contribution in [2.75, 3.05) is 0 Å². The minimum Gasteiger partial charge on any atom is -0.437 e. The van der Waals surface area contributed by atoms with E-state index in [0.29, 0.717) is 11.9 Å². The van der Waals surface area contributed by atoms with Crippen LogP contribution in [0.5, 0.6) is 11.6 Å². The molecule has 0 bridgehead atoms. The minimum absolute atomic E-state index is 0.454. The molecule has 2 heterocycles. The van der Waals surface area contributed by atoms with Gasteiger partial charge >= 0.3 is 0 Å². The van der Waals surface area contributed by atoms with Crippen molar-refractivity contribution < 1.29 is 4.74 Å².